The SMILES string of the molecule is CC(O)(CNC(=O)c1cc(Cl)ccc1O)C(=O)O. The Kier molecular flexibility index (Phi) is 4.15. The number of aliphatic carboxylic acids is 1. The smallest absolute Gasteiger partial charge is 0.337 e. The number of nitrogens with one attached hydrogen (secondary N) is 1. The molecule has 1 rings (SSSR count). The van der Waals surface area contributed by atoms with Crippen LogP contribution in [0.4, 0.5) is 0 Å². The van der Waals surface area contributed by atoms with Gasteiger partial charge in [0.2, 0.25) is 0 Å². The van der Waals surface area contributed by atoms with Crippen molar-refractivity contribution in [3.63, 3.8) is 0 Å². The predicted molar refractivity (Wildman–Crippen MR) is 63.7 cm³/mol. The molecule has 0 aromatic heterocycles. The number of carbonyl (C=O) groups excluding carboxylic acids is 1. The number of benzene rings is 1. The van der Waals surface area contributed by atoms with Crippen LogP contribution in [0.15, 0.2) is 18.2 Å². The van der Waals surface area contributed by atoms with Crippen molar-refractivity contribution in [2.24, 2.45) is 0 Å². The third-order valence-electron chi connectivity index (χ3n) is 2.26. The monoisotopic (exact) mass is 273 g/mol. The van der Waals surface area contributed by atoms with Gasteiger partial charge in [0.05, 0.1) is 12.1 Å². The first-order chi connectivity index (χ1) is 8.24. The molecule has 0 heterocycles. The molecular weight excluding hydrogens is 262 g/mol. The second kappa shape index (κ2) is 5.24. The van der Waals surface area contributed by atoms with Gasteiger partial charge in [0.15, 0.2) is 5.60 Å². The topological polar surface area (TPSA) is 107 Å². The summed E-state index contributed by atoms with van der Waals surface area (Å²) < 4.78 is 0. The van der Waals surface area contributed by atoms with Crippen LogP contribution in [0.5, 0.6) is 5.75 Å². The number of carboxylic acid groups (broad SMARTS) is 1. The lowest BCUT2D eigenvalue weighted by molar-refractivity contribution is -0.155. The van der Waals surface area contributed by atoms with Gasteiger partial charge >= 0.3 is 5.97 Å². The predicted octanol–water partition coefficient (Wildman–Crippen LogP) is 0.611. The number of carboxylic acids is 1. The van der Waals surface area contributed by atoms with Crippen LogP contribution >= 0.6 is 11.6 Å². The zero-order valence-corrected chi connectivity index (χ0v) is 10.2. The number of halogens is 1. The second-order valence-corrected chi connectivity index (χ2v) is 4.36. The van der Waals surface area contributed by atoms with Crippen molar-refractivity contribution in [3.05, 3.63) is 28.8 Å². The van der Waals surface area contributed by atoms with Crippen molar-refractivity contribution < 1.29 is 24.9 Å². The number of phenolic OH excluding ortho intramolecular Hbond substituents is 1. The second-order valence-electron chi connectivity index (χ2n) is 3.92. The molecule has 0 bridgehead atoms. The third kappa shape index (κ3) is 3.35. The van der Waals surface area contributed by atoms with Gasteiger partial charge in [-0.1, -0.05) is 11.6 Å². The molecule has 6 nitrogen and oxygen atoms in total. The lowest BCUT2D eigenvalue weighted by Crippen LogP contribution is -2.46. The van der Waals surface area contributed by atoms with E-state index in [9.17, 15) is 19.8 Å². The number of aromatic hydroxyl groups is 1. The lowest BCUT2D eigenvalue weighted by atomic mass is 10.1. The van der Waals surface area contributed by atoms with Crippen LogP contribution in [0.3, 0.4) is 0 Å². The highest BCUT2D eigenvalue weighted by molar-refractivity contribution is 6.31. The molecule has 1 aromatic rings. The normalized spacial score (nSPS) is 13.7. The number of hydrogen-bond donors (Lipinski definition) is 4. The van der Waals surface area contributed by atoms with Crippen molar-refractivity contribution in [2.75, 3.05) is 6.54 Å². The summed E-state index contributed by atoms with van der Waals surface area (Å²) in [6.45, 7) is 0.556. The van der Waals surface area contributed by atoms with Crippen molar-refractivity contribution in [2.45, 2.75) is 12.5 Å². The summed E-state index contributed by atoms with van der Waals surface area (Å²) in [6.07, 6.45) is 0. The van der Waals surface area contributed by atoms with Crippen LogP contribution in [0, 0.1) is 0 Å². The molecule has 98 valence electrons. The van der Waals surface area contributed by atoms with Gasteiger partial charge in [-0.15, -0.1) is 0 Å². The first-order valence-corrected chi connectivity index (χ1v) is 5.34. The number of rotatable bonds is 4. The highest BCUT2D eigenvalue weighted by Crippen LogP contribution is 2.21. The Bertz CT molecular complexity index is 486. The van der Waals surface area contributed by atoms with E-state index < -0.39 is 24.0 Å². The molecule has 7 heteroatoms. The van der Waals surface area contributed by atoms with E-state index in [1.54, 1.807) is 0 Å². The van der Waals surface area contributed by atoms with Crippen molar-refractivity contribution in [3.8, 4) is 5.75 Å². The first kappa shape index (κ1) is 14.3. The number of amides is 1. The zero-order chi connectivity index (χ0) is 13.9. The average Bonchev–Trinajstić information content (AvgIpc) is 2.29. The Morgan fingerprint density at radius 3 is 2.61 bits per heavy atom. The lowest BCUT2D eigenvalue weighted by Gasteiger charge is -2.18. The van der Waals surface area contributed by atoms with E-state index in [0.29, 0.717) is 0 Å². The summed E-state index contributed by atoms with van der Waals surface area (Å²) in [5.41, 5.74) is -2.17. The van der Waals surface area contributed by atoms with Gasteiger partial charge in [-0.2, -0.15) is 0 Å². The molecule has 0 saturated heterocycles. The molecule has 18 heavy (non-hydrogen) atoms. The Labute approximate surface area is 108 Å². The molecule has 0 radical (unpaired) electrons. The van der Waals surface area contributed by atoms with E-state index in [0.717, 1.165) is 6.92 Å². The molecule has 0 fully saturated rings. The third-order valence-corrected chi connectivity index (χ3v) is 2.49. The Morgan fingerprint density at radius 2 is 2.06 bits per heavy atom. The van der Waals surface area contributed by atoms with E-state index in [4.69, 9.17) is 16.7 Å². The Balaban J connectivity index is 2.78. The van der Waals surface area contributed by atoms with Gasteiger partial charge in [0, 0.05) is 5.02 Å². The van der Waals surface area contributed by atoms with Gasteiger partial charge in [-0.05, 0) is 25.1 Å². The van der Waals surface area contributed by atoms with Crippen LogP contribution in [0.25, 0.3) is 0 Å². The van der Waals surface area contributed by atoms with Crippen LogP contribution in [-0.4, -0.2) is 39.3 Å². The van der Waals surface area contributed by atoms with E-state index in [1.807, 2.05) is 0 Å². The van der Waals surface area contributed by atoms with Gasteiger partial charge in [-0.25, -0.2) is 4.79 Å². The van der Waals surface area contributed by atoms with Crippen molar-refractivity contribution in [1.82, 2.24) is 5.32 Å². The number of phenols is 1. The van der Waals surface area contributed by atoms with Gasteiger partial charge in [0.25, 0.3) is 5.91 Å². The molecule has 0 spiro atoms. The summed E-state index contributed by atoms with van der Waals surface area (Å²) in [5.74, 6) is -2.47. The summed E-state index contributed by atoms with van der Waals surface area (Å²) in [4.78, 5) is 22.3. The van der Waals surface area contributed by atoms with E-state index in [1.165, 1.54) is 18.2 Å². The Hall–Kier alpha value is -1.79. The van der Waals surface area contributed by atoms with Crippen LogP contribution in [-0.2, 0) is 4.79 Å². The molecule has 0 aliphatic rings. The molecular formula is C11H12ClNO5. The zero-order valence-electron chi connectivity index (χ0n) is 9.48. The number of aliphatic hydroxyl groups is 1. The van der Waals surface area contributed by atoms with E-state index in [-0.39, 0.29) is 16.3 Å². The highest BCUT2D eigenvalue weighted by atomic mass is 35.5. The largest absolute Gasteiger partial charge is 0.507 e. The maximum absolute atomic E-state index is 11.7. The molecule has 1 aromatic carbocycles. The fraction of sp³-hybridized carbons (Fsp3) is 0.273. The summed E-state index contributed by atoms with van der Waals surface area (Å²) in [5, 5.41) is 30.0. The molecule has 1 amide bonds. The fourth-order valence-electron chi connectivity index (χ4n) is 1.11. The molecule has 1 unspecified atom stereocenters. The minimum absolute atomic E-state index is 0.0938. The average molecular weight is 274 g/mol. The van der Waals surface area contributed by atoms with Crippen molar-refractivity contribution >= 4 is 23.5 Å². The summed E-state index contributed by atoms with van der Waals surface area (Å²) >= 11 is 5.67. The quantitative estimate of drug-likeness (QED) is 0.643. The van der Waals surface area contributed by atoms with Crippen molar-refractivity contribution in [1.29, 1.82) is 0 Å². The molecule has 4 N–H and O–H groups in total. The van der Waals surface area contributed by atoms with Crippen LogP contribution in [0.1, 0.15) is 17.3 Å². The number of hydrogen-bond acceptors (Lipinski definition) is 4. The van der Waals surface area contributed by atoms with Crippen LogP contribution in [0.2, 0.25) is 5.02 Å². The summed E-state index contributed by atoms with van der Waals surface area (Å²) in [6, 6.07) is 3.88. The van der Waals surface area contributed by atoms with Gasteiger partial charge < -0.3 is 20.6 Å². The highest BCUT2D eigenvalue weighted by Gasteiger charge is 2.30. The standard InChI is InChI=1S/C11H12ClNO5/c1-11(18,10(16)17)5-13-9(15)7-4-6(12)2-3-8(7)14/h2-4,14,18H,5H2,1H3,(H,13,15)(H,16,17). The molecule has 0 saturated carbocycles. The Morgan fingerprint density at radius 1 is 1.44 bits per heavy atom. The summed E-state index contributed by atoms with van der Waals surface area (Å²) in [7, 11) is 0. The fourth-order valence-corrected chi connectivity index (χ4v) is 1.29. The molecule has 0 aliphatic carbocycles. The number of carbonyl (C=O) groups is 2. The van der Waals surface area contributed by atoms with Gasteiger partial charge in [-0.3, -0.25) is 4.79 Å². The van der Waals surface area contributed by atoms with E-state index >= 15 is 0 Å². The molecule has 1 atom stereocenters. The maximum atomic E-state index is 11.7. The van der Waals surface area contributed by atoms with Gasteiger partial charge in [0.1, 0.15) is 5.75 Å². The maximum Gasteiger partial charge on any atom is 0.337 e. The minimum atomic E-state index is -2.08. The van der Waals surface area contributed by atoms with Crippen LogP contribution < -0.4 is 5.32 Å². The molecule has 0 aliphatic heterocycles. The minimum Gasteiger partial charge on any atom is -0.507 e. The first-order valence-electron chi connectivity index (χ1n) is 4.96. The van der Waals surface area contributed by atoms with E-state index in [2.05, 4.69) is 5.32 Å².